The van der Waals surface area contributed by atoms with Gasteiger partial charge in [0, 0.05) is 26.9 Å². The van der Waals surface area contributed by atoms with Gasteiger partial charge in [-0.05, 0) is 30.4 Å². The summed E-state index contributed by atoms with van der Waals surface area (Å²) >= 11 is 0. The summed E-state index contributed by atoms with van der Waals surface area (Å²) in [6.45, 7) is 7.18. The molecule has 1 aromatic carbocycles. The van der Waals surface area contributed by atoms with Crippen LogP contribution in [0.4, 0.5) is 0 Å². The number of carbonyl (C=O) groups is 5. The Morgan fingerprint density at radius 2 is 1.51 bits per heavy atom. The number of carbonyl (C=O) groups excluding carboxylic acids is 4. The largest absolute Gasteiger partial charge is 0.480 e. The number of benzene rings is 1. The summed E-state index contributed by atoms with van der Waals surface area (Å²) in [7, 11) is 3.11. The first kappa shape index (κ1) is 29.3. The summed E-state index contributed by atoms with van der Waals surface area (Å²) in [5.41, 5.74) is 0.748. The zero-order valence-corrected chi connectivity index (χ0v) is 20.7. The maximum absolute atomic E-state index is 13.1. The van der Waals surface area contributed by atoms with Crippen LogP contribution in [0, 0.1) is 5.92 Å². The molecule has 0 heterocycles. The second-order valence-corrected chi connectivity index (χ2v) is 8.87. The van der Waals surface area contributed by atoms with Gasteiger partial charge in [0.2, 0.25) is 23.6 Å². The van der Waals surface area contributed by atoms with Gasteiger partial charge in [-0.25, -0.2) is 4.79 Å². The van der Waals surface area contributed by atoms with E-state index in [4.69, 9.17) is 0 Å². The van der Waals surface area contributed by atoms with Crippen molar-refractivity contribution in [1.82, 2.24) is 20.9 Å². The first-order valence-electron chi connectivity index (χ1n) is 11.4. The van der Waals surface area contributed by atoms with E-state index in [0.717, 1.165) is 11.6 Å². The third-order valence-electron chi connectivity index (χ3n) is 5.20. The lowest BCUT2D eigenvalue weighted by Gasteiger charge is -2.25. The highest BCUT2D eigenvalue weighted by Gasteiger charge is 2.30. The first-order chi connectivity index (χ1) is 16.4. The van der Waals surface area contributed by atoms with E-state index >= 15 is 0 Å². The lowest BCUT2D eigenvalue weighted by molar-refractivity contribution is -0.143. The van der Waals surface area contributed by atoms with Crippen molar-refractivity contribution in [3.63, 3.8) is 0 Å². The zero-order valence-electron chi connectivity index (χ0n) is 20.7. The number of hydrogen-bond donors (Lipinski definition) is 4. The molecule has 1 aromatic rings. The molecule has 0 saturated heterocycles. The molecule has 10 heteroatoms. The SMILES string of the molecule is C=CC(=O)N[C@@H](CC(C)C)C(=O)N[C@@H](Cc1ccccc1)C(=O)N[C@@H](CCC(=O)N(C)C)C(=O)O. The summed E-state index contributed by atoms with van der Waals surface area (Å²) in [5, 5.41) is 17.2. The van der Waals surface area contributed by atoms with Crippen molar-refractivity contribution in [2.75, 3.05) is 14.1 Å². The van der Waals surface area contributed by atoms with Crippen LogP contribution in [0.2, 0.25) is 0 Å². The molecule has 4 amide bonds. The first-order valence-corrected chi connectivity index (χ1v) is 11.4. The molecule has 0 aliphatic rings. The van der Waals surface area contributed by atoms with Crippen molar-refractivity contribution in [3.05, 3.63) is 48.6 Å². The number of nitrogens with one attached hydrogen (secondary N) is 3. The topological polar surface area (TPSA) is 145 Å². The van der Waals surface area contributed by atoms with Crippen molar-refractivity contribution < 1.29 is 29.1 Å². The molecular weight excluding hydrogens is 452 g/mol. The molecule has 35 heavy (non-hydrogen) atoms. The lowest BCUT2D eigenvalue weighted by Crippen LogP contribution is -2.56. The van der Waals surface area contributed by atoms with E-state index in [1.807, 2.05) is 19.9 Å². The Morgan fingerprint density at radius 1 is 0.943 bits per heavy atom. The van der Waals surface area contributed by atoms with Gasteiger partial charge < -0.3 is 26.0 Å². The lowest BCUT2D eigenvalue weighted by atomic mass is 10.0. The molecule has 0 spiro atoms. The fourth-order valence-electron chi connectivity index (χ4n) is 3.29. The van der Waals surface area contributed by atoms with E-state index in [1.165, 1.54) is 4.90 Å². The van der Waals surface area contributed by atoms with Crippen LogP contribution in [0.3, 0.4) is 0 Å². The van der Waals surface area contributed by atoms with Crippen LogP contribution in [-0.2, 0) is 30.4 Å². The normalized spacial score (nSPS) is 13.2. The molecule has 0 aromatic heterocycles. The van der Waals surface area contributed by atoms with Gasteiger partial charge >= 0.3 is 5.97 Å². The Labute approximate surface area is 206 Å². The molecule has 0 radical (unpaired) electrons. The number of hydrogen-bond acceptors (Lipinski definition) is 5. The summed E-state index contributed by atoms with van der Waals surface area (Å²) in [6.07, 6.45) is 1.32. The maximum atomic E-state index is 13.1. The molecule has 0 unspecified atom stereocenters. The standard InChI is InChI=1S/C25H36N4O6/c1-6-21(30)26-19(14-16(2)3)23(32)28-20(15-17-10-8-7-9-11-17)24(33)27-18(25(34)35)12-13-22(31)29(4)5/h6-11,16,18-20H,1,12-15H2,2-5H3,(H,26,30)(H,27,33)(H,28,32)(H,34,35)/t18-,19-,20-/m0/s1. The van der Waals surface area contributed by atoms with Crippen molar-refractivity contribution in [2.45, 2.75) is 57.7 Å². The van der Waals surface area contributed by atoms with Crippen LogP contribution in [0.15, 0.2) is 43.0 Å². The van der Waals surface area contributed by atoms with E-state index in [9.17, 15) is 29.1 Å². The second-order valence-electron chi connectivity index (χ2n) is 8.87. The van der Waals surface area contributed by atoms with Gasteiger partial charge in [-0.2, -0.15) is 0 Å². The Kier molecular flexibility index (Phi) is 12.2. The number of nitrogens with zero attached hydrogens (tertiary/aromatic N) is 1. The van der Waals surface area contributed by atoms with Crippen molar-refractivity contribution >= 4 is 29.6 Å². The van der Waals surface area contributed by atoms with Gasteiger partial charge in [-0.3, -0.25) is 19.2 Å². The molecule has 0 fully saturated rings. The molecule has 0 aliphatic carbocycles. The Balaban J connectivity index is 3.08. The number of rotatable bonds is 14. The van der Waals surface area contributed by atoms with Crippen LogP contribution >= 0.6 is 0 Å². The van der Waals surface area contributed by atoms with Crippen LogP contribution in [0.1, 0.15) is 38.7 Å². The predicted octanol–water partition coefficient (Wildman–Crippen LogP) is 0.869. The summed E-state index contributed by atoms with van der Waals surface area (Å²) < 4.78 is 0. The predicted molar refractivity (Wildman–Crippen MR) is 131 cm³/mol. The number of carboxylic acid groups (broad SMARTS) is 1. The molecule has 4 N–H and O–H groups in total. The highest BCUT2D eigenvalue weighted by atomic mass is 16.4. The fraction of sp³-hybridized carbons (Fsp3) is 0.480. The molecule has 192 valence electrons. The van der Waals surface area contributed by atoms with Crippen LogP contribution < -0.4 is 16.0 Å². The summed E-state index contributed by atoms with van der Waals surface area (Å²) in [6, 6.07) is 5.61. The molecule has 1 rings (SSSR count). The van der Waals surface area contributed by atoms with Crippen LogP contribution in [0.25, 0.3) is 0 Å². The monoisotopic (exact) mass is 488 g/mol. The van der Waals surface area contributed by atoms with Gasteiger partial charge in [0.1, 0.15) is 18.1 Å². The molecule has 0 bridgehead atoms. The molecule has 0 aliphatic heterocycles. The number of amides is 4. The van der Waals surface area contributed by atoms with Crippen molar-refractivity contribution in [2.24, 2.45) is 5.92 Å². The van der Waals surface area contributed by atoms with Gasteiger partial charge in [-0.15, -0.1) is 0 Å². The minimum absolute atomic E-state index is 0.0655. The molecular formula is C25H36N4O6. The maximum Gasteiger partial charge on any atom is 0.326 e. The van der Waals surface area contributed by atoms with E-state index in [0.29, 0.717) is 6.42 Å². The van der Waals surface area contributed by atoms with Crippen LogP contribution in [0.5, 0.6) is 0 Å². The molecule has 0 saturated carbocycles. The van der Waals surface area contributed by atoms with Gasteiger partial charge in [0.15, 0.2) is 0 Å². The summed E-state index contributed by atoms with van der Waals surface area (Å²) in [5.74, 6) is -3.28. The zero-order chi connectivity index (χ0) is 26.5. The quantitative estimate of drug-likeness (QED) is 0.286. The second kappa shape index (κ2) is 14.5. The molecule has 10 nitrogen and oxygen atoms in total. The van der Waals surface area contributed by atoms with E-state index in [-0.39, 0.29) is 31.1 Å². The average molecular weight is 489 g/mol. The van der Waals surface area contributed by atoms with Gasteiger partial charge in [0.05, 0.1) is 0 Å². The molecule has 3 atom stereocenters. The van der Waals surface area contributed by atoms with Gasteiger partial charge in [-0.1, -0.05) is 50.8 Å². The Bertz CT molecular complexity index is 900. The van der Waals surface area contributed by atoms with Crippen molar-refractivity contribution in [3.8, 4) is 0 Å². The van der Waals surface area contributed by atoms with Crippen molar-refractivity contribution in [1.29, 1.82) is 0 Å². The van der Waals surface area contributed by atoms with E-state index < -0.39 is 41.8 Å². The highest BCUT2D eigenvalue weighted by Crippen LogP contribution is 2.09. The number of carboxylic acids is 1. The highest BCUT2D eigenvalue weighted by molar-refractivity contribution is 5.95. The van der Waals surface area contributed by atoms with E-state index in [1.54, 1.807) is 38.4 Å². The Morgan fingerprint density at radius 3 is 2.03 bits per heavy atom. The Hall–Kier alpha value is -3.69. The number of aliphatic carboxylic acids is 1. The smallest absolute Gasteiger partial charge is 0.326 e. The summed E-state index contributed by atoms with van der Waals surface area (Å²) in [4.78, 5) is 62.9. The minimum atomic E-state index is -1.31. The fourth-order valence-corrected chi connectivity index (χ4v) is 3.29. The van der Waals surface area contributed by atoms with E-state index in [2.05, 4.69) is 22.5 Å². The third kappa shape index (κ3) is 10.9. The van der Waals surface area contributed by atoms with Gasteiger partial charge in [0.25, 0.3) is 0 Å². The van der Waals surface area contributed by atoms with Crippen LogP contribution in [-0.4, -0.2) is 71.8 Å². The minimum Gasteiger partial charge on any atom is -0.480 e. The average Bonchev–Trinajstić information content (AvgIpc) is 2.80. The third-order valence-corrected chi connectivity index (χ3v) is 5.20.